The van der Waals surface area contributed by atoms with E-state index in [1.807, 2.05) is 23.1 Å². The number of piperazine rings is 1. The second-order valence-corrected chi connectivity index (χ2v) is 3.79. The molecule has 0 spiro atoms. The van der Waals surface area contributed by atoms with Gasteiger partial charge in [0.05, 0.1) is 6.54 Å². The Balaban J connectivity index is 0.00000128. The first kappa shape index (κ1) is 13.0. The standard InChI is InChI=1S/C12H16N2O.ClH/c15-12-10-13-7-9-14(12)8-6-11-4-2-1-3-5-11;/h1-5,13H,6-10H2;1H. The van der Waals surface area contributed by atoms with Crippen LogP contribution >= 0.6 is 12.4 Å². The minimum atomic E-state index is 0. The molecule has 16 heavy (non-hydrogen) atoms. The second-order valence-electron chi connectivity index (χ2n) is 3.79. The minimum absolute atomic E-state index is 0. The predicted molar refractivity (Wildman–Crippen MR) is 66.8 cm³/mol. The van der Waals surface area contributed by atoms with E-state index in [1.54, 1.807) is 0 Å². The van der Waals surface area contributed by atoms with Crippen molar-refractivity contribution < 1.29 is 4.79 Å². The largest absolute Gasteiger partial charge is 0.340 e. The lowest BCUT2D eigenvalue weighted by Gasteiger charge is -2.27. The van der Waals surface area contributed by atoms with Gasteiger partial charge in [0.1, 0.15) is 0 Å². The van der Waals surface area contributed by atoms with Crippen LogP contribution in [0, 0.1) is 0 Å². The van der Waals surface area contributed by atoms with Gasteiger partial charge in [-0.15, -0.1) is 12.4 Å². The molecule has 0 bridgehead atoms. The molecule has 0 atom stereocenters. The topological polar surface area (TPSA) is 32.3 Å². The maximum atomic E-state index is 11.5. The zero-order chi connectivity index (χ0) is 10.5. The van der Waals surface area contributed by atoms with E-state index >= 15 is 0 Å². The van der Waals surface area contributed by atoms with Crippen molar-refractivity contribution in [3.8, 4) is 0 Å². The molecule has 1 fully saturated rings. The minimum Gasteiger partial charge on any atom is -0.340 e. The molecule has 0 aliphatic carbocycles. The number of hydrogen-bond acceptors (Lipinski definition) is 2. The zero-order valence-electron chi connectivity index (χ0n) is 9.19. The molecule has 1 aliphatic heterocycles. The molecule has 4 heteroatoms. The van der Waals surface area contributed by atoms with Crippen molar-refractivity contribution in [2.45, 2.75) is 6.42 Å². The molecule has 0 aromatic heterocycles. The summed E-state index contributed by atoms with van der Waals surface area (Å²) in [6.45, 7) is 3.09. The lowest BCUT2D eigenvalue weighted by atomic mass is 10.1. The van der Waals surface area contributed by atoms with Gasteiger partial charge in [0.25, 0.3) is 0 Å². The lowest BCUT2D eigenvalue weighted by Crippen LogP contribution is -2.48. The van der Waals surface area contributed by atoms with Crippen LogP contribution in [-0.2, 0) is 11.2 Å². The summed E-state index contributed by atoms with van der Waals surface area (Å²) in [5, 5.41) is 3.07. The van der Waals surface area contributed by atoms with Gasteiger partial charge in [-0.2, -0.15) is 0 Å². The normalized spacial score (nSPS) is 15.8. The van der Waals surface area contributed by atoms with Gasteiger partial charge in [0.15, 0.2) is 0 Å². The van der Waals surface area contributed by atoms with Crippen LogP contribution in [-0.4, -0.2) is 37.0 Å². The number of nitrogens with one attached hydrogen (secondary N) is 1. The highest BCUT2D eigenvalue weighted by molar-refractivity contribution is 5.85. The Kier molecular flexibility index (Phi) is 5.29. The van der Waals surface area contributed by atoms with Gasteiger partial charge >= 0.3 is 0 Å². The fourth-order valence-electron chi connectivity index (χ4n) is 1.79. The molecule has 1 aromatic rings. The van der Waals surface area contributed by atoms with E-state index in [0.717, 1.165) is 26.1 Å². The zero-order valence-corrected chi connectivity index (χ0v) is 10.0. The molecule has 2 rings (SSSR count). The molecule has 1 aromatic carbocycles. The quantitative estimate of drug-likeness (QED) is 0.858. The summed E-state index contributed by atoms with van der Waals surface area (Å²) < 4.78 is 0. The number of halogens is 1. The van der Waals surface area contributed by atoms with Crippen molar-refractivity contribution in [1.29, 1.82) is 0 Å². The Morgan fingerprint density at radius 3 is 2.69 bits per heavy atom. The van der Waals surface area contributed by atoms with Crippen molar-refractivity contribution in [2.75, 3.05) is 26.2 Å². The summed E-state index contributed by atoms with van der Waals surface area (Å²) >= 11 is 0. The molecular formula is C12H17ClN2O. The molecule has 0 radical (unpaired) electrons. The highest BCUT2D eigenvalue weighted by Gasteiger charge is 2.16. The van der Waals surface area contributed by atoms with Crippen molar-refractivity contribution >= 4 is 18.3 Å². The molecule has 88 valence electrons. The number of carbonyl (C=O) groups is 1. The van der Waals surface area contributed by atoms with Gasteiger partial charge in [-0.05, 0) is 12.0 Å². The average Bonchev–Trinajstić information content (AvgIpc) is 2.29. The number of carbonyl (C=O) groups excluding carboxylic acids is 1. The third kappa shape index (κ3) is 3.51. The maximum absolute atomic E-state index is 11.5. The van der Waals surface area contributed by atoms with Gasteiger partial charge in [-0.25, -0.2) is 0 Å². The fourth-order valence-corrected chi connectivity index (χ4v) is 1.79. The van der Waals surface area contributed by atoms with Gasteiger partial charge in [0.2, 0.25) is 5.91 Å². The summed E-state index contributed by atoms with van der Waals surface area (Å²) in [5.41, 5.74) is 1.30. The number of rotatable bonds is 3. The van der Waals surface area contributed by atoms with Gasteiger partial charge in [0, 0.05) is 19.6 Å². The molecular weight excluding hydrogens is 224 g/mol. The molecule has 0 unspecified atom stereocenters. The fraction of sp³-hybridized carbons (Fsp3) is 0.417. The molecule has 1 N–H and O–H groups in total. The number of nitrogens with zero attached hydrogens (tertiary/aromatic N) is 1. The van der Waals surface area contributed by atoms with Crippen LogP contribution in [0.1, 0.15) is 5.56 Å². The summed E-state index contributed by atoms with van der Waals surface area (Å²) in [6.07, 6.45) is 0.951. The van der Waals surface area contributed by atoms with E-state index in [9.17, 15) is 4.79 Å². The molecule has 1 heterocycles. The SMILES string of the molecule is Cl.O=C1CNCCN1CCc1ccccc1. The van der Waals surface area contributed by atoms with E-state index in [4.69, 9.17) is 0 Å². The first-order valence-electron chi connectivity index (χ1n) is 5.39. The first-order valence-corrected chi connectivity index (χ1v) is 5.39. The van der Waals surface area contributed by atoms with Crippen molar-refractivity contribution in [3.05, 3.63) is 35.9 Å². The highest BCUT2D eigenvalue weighted by atomic mass is 35.5. The van der Waals surface area contributed by atoms with Crippen molar-refractivity contribution in [3.63, 3.8) is 0 Å². The molecule has 1 amide bonds. The van der Waals surface area contributed by atoms with Gasteiger partial charge in [-0.3, -0.25) is 4.79 Å². The van der Waals surface area contributed by atoms with Crippen LogP contribution in [0.5, 0.6) is 0 Å². The van der Waals surface area contributed by atoms with Crippen LogP contribution in [0.4, 0.5) is 0 Å². The monoisotopic (exact) mass is 240 g/mol. The van der Waals surface area contributed by atoms with Crippen LogP contribution in [0.15, 0.2) is 30.3 Å². The Morgan fingerprint density at radius 2 is 2.00 bits per heavy atom. The summed E-state index contributed by atoms with van der Waals surface area (Å²) in [4.78, 5) is 13.4. The van der Waals surface area contributed by atoms with E-state index in [2.05, 4.69) is 17.4 Å². The van der Waals surface area contributed by atoms with Crippen LogP contribution < -0.4 is 5.32 Å². The molecule has 1 saturated heterocycles. The Bertz CT molecular complexity index is 329. The number of hydrogen-bond donors (Lipinski definition) is 1. The Morgan fingerprint density at radius 1 is 1.25 bits per heavy atom. The predicted octanol–water partition coefficient (Wildman–Crippen LogP) is 1.08. The number of benzene rings is 1. The Hall–Kier alpha value is -1.06. The first-order chi connectivity index (χ1) is 7.36. The van der Waals surface area contributed by atoms with E-state index < -0.39 is 0 Å². The third-order valence-corrected chi connectivity index (χ3v) is 2.70. The molecule has 0 saturated carbocycles. The second kappa shape index (κ2) is 6.51. The number of amides is 1. The van der Waals surface area contributed by atoms with Gasteiger partial charge < -0.3 is 10.2 Å². The van der Waals surface area contributed by atoms with E-state index in [1.165, 1.54) is 5.56 Å². The third-order valence-electron chi connectivity index (χ3n) is 2.70. The van der Waals surface area contributed by atoms with Crippen molar-refractivity contribution in [1.82, 2.24) is 10.2 Å². The summed E-state index contributed by atoms with van der Waals surface area (Å²) in [5.74, 6) is 0.220. The maximum Gasteiger partial charge on any atom is 0.236 e. The van der Waals surface area contributed by atoms with Crippen molar-refractivity contribution in [2.24, 2.45) is 0 Å². The van der Waals surface area contributed by atoms with Crippen LogP contribution in [0.25, 0.3) is 0 Å². The molecule has 1 aliphatic rings. The smallest absolute Gasteiger partial charge is 0.236 e. The summed E-state index contributed by atoms with van der Waals surface area (Å²) in [6, 6.07) is 10.3. The average molecular weight is 241 g/mol. The molecule has 3 nitrogen and oxygen atoms in total. The van der Waals surface area contributed by atoms with E-state index in [-0.39, 0.29) is 18.3 Å². The van der Waals surface area contributed by atoms with Crippen LogP contribution in [0.2, 0.25) is 0 Å². The van der Waals surface area contributed by atoms with Crippen LogP contribution in [0.3, 0.4) is 0 Å². The Labute approximate surface area is 102 Å². The summed E-state index contributed by atoms with van der Waals surface area (Å²) in [7, 11) is 0. The highest BCUT2D eigenvalue weighted by Crippen LogP contribution is 2.02. The van der Waals surface area contributed by atoms with E-state index in [0.29, 0.717) is 6.54 Å². The lowest BCUT2D eigenvalue weighted by molar-refractivity contribution is -0.131. The van der Waals surface area contributed by atoms with Gasteiger partial charge in [-0.1, -0.05) is 30.3 Å².